The van der Waals surface area contributed by atoms with Gasteiger partial charge >= 0.3 is 0 Å². The minimum Gasteiger partial charge on any atom is -0.341 e. The number of hydrogen-bond acceptors (Lipinski definition) is 2. The average molecular weight is 621 g/mol. The molecule has 3 nitrogen and oxygen atoms in total. The van der Waals surface area contributed by atoms with Gasteiger partial charge in [-0.3, -0.25) is 4.79 Å². The normalized spacial score (nSPS) is 13.4. The number of likely N-dealkylation sites (tertiary alicyclic amines) is 1. The van der Waals surface area contributed by atoms with Gasteiger partial charge in [-0.1, -0.05) is 81.1 Å². The van der Waals surface area contributed by atoms with Gasteiger partial charge in [0.15, 0.2) is 0 Å². The van der Waals surface area contributed by atoms with Crippen molar-refractivity contribution in [3.05, 3.63) is 154 Å². The van der Waals surface area contributed by atoms with Gasteiger partial charge in [0.25, 0.3) is 5.91 Å². The smallest absolute Gasteiger partial charge is 0.253 e. The summed E-state index contributed by atoms with van der Waals surface area (Å²) in [4.78, 5) is 17.6. The standard InChI is InChI=1S/C34H39FN2O.C7H7F/c1-24(2)13-15-30-22-31(16-14-25(30)3)34(38)36-19-17-29(18-20-36)27(5)37(33-12-7-6-9-26(33)4)23-28-10-8-11-32(35)21-28;1-6-3-2-4-7(8)5-6/h6-16,21-22,24,29H,5,17-20,23H2,1-4H3;2-5H,1H3/b15-13-;. The Bertz CT molecular complexity index is 1650. The summed E-state index contributed by atoms with van der Waals surface area (Å²) in [6.45, 7) is 16.8. The molecule has 240 valence electrons. The highest BCUT2D eigenvalue weighted by Crippen LogP contribution is 2.33. The number of hydrogen-bond donors (Lipinski definition) is 0. The van der Waals surface area contributed by atoms with Crippen LogP contribution < -0.4 is 4.90 Å². The molecule has 4 aromatic carbocycles. The molecule has 0 unspecified atom stereocenters. The number of nitrogens with zero attached hydrogens (tertiary/aromatic N) is 2. The lowest BCUT2D eigenvalue weighted by molar-refractivity contribution is 0.0701. The molecule has 0 atom stereocenters. The second-order valence-corrected chi connectivity index (χ2v) is 12.5. The molecule has 4 aromatic rings. The summed E-state index contributed by atoms with van der Waals surface area (Å²) in [5, 5.41) is 0. The first-order chi connectivity index (χ1) is 22.0. The molecule has 0 aliphatic carbocycles. The third-order valence-corrected chi connectivity index (χ3v) is 8.40. The highest BCUT2D eigenvalue weighted by Gasteiger charge is 2.28. The molecule has 1 saturated heterocycles. The number of piperidine rings is 1. The van der Waals surface area contributed by atoms with Crippen molar-refractivity contribution in [1.29, 1.82) is 0 Å². The van der Waals surface area contributed by atoms with Crippen molar-refractivity contribution in [3.8, 4) is 0 Å². The minimum absolute atomic E-state index is 0.0868. The Kier molecular flexibility index (Phi) is 12.1. The van der Waals surface area contributed by atoms with E-state index in [-0.39, 0.29) is 23.5 Å². The molecule has 1 aliphatic rings. The number of anilines is 1. The molecule has 46 heavy (non-hydrogen) atoms. The highest BCUT2D eigenvalue weighted by atomic mass is 19.1. The number of carbonyl (C=O) groups is 1. The van der Waals surface area contributed by atoms with Crippen LogP contribution in [0.4, 0.5) is 14.5 Å². The van der Waals surface area contributed by atoms with E-state index in [1.807, 2.05) is 54.3 Å². The number of amides is 1. The maximum atomic E-state index is 14.0. The van der Waals surface area contributed by atoms with Crippen molar-refractivity contribution in [1.82, 2.24) is 4.90 Å². The summed E-state index contributed by atoms with van der Waals surface area (Å²) in [5.41, 5.74) is 8.13. The van der Waals surface area contributed by atoms with Gasteiger partial charge in [-0.05, 0) is 110 Å². The predicted molar refractivity (Wildman–Crippen MR) is 188 cm³/mol. The molecule has 5 rings (SSSR count). The van der Waals surface area contributed by atoms with Crippen LogP contribution in [0.5, 0.6) is 0 Å². The zero-order valence-electron chi connectivity index (χ0n) is 27.8. The molecule has 0 saturated carbocycles. The van der Waals surface area contributed by atoms with Gasteiger partial charge in [0.2, 0.25) is 0 Å². The van der Waals surface area contributed by atoms with E-state index in [4.69, 9.17) is 0 Å². The van der Waals surface area contributed by atoms with Crippen molar-refractivity contribution < 1.29 is 13.6 Å². The average Bonchev–Trinajstić information content (AvgIpc) is 3.03. The van der Waals surface area contributed by atoms with Crippen molar-refractivity contribution in [3.63, 3.8) is 0 Å². The van der Waals surface area contributed by atoms with Crippen molar-refractivity contribution in [2.75, 3.05) is 18.0 Å². The van der Waals surface area contributed by atoms with Crippen LogP contribution in [0.2, 0.25) is 0 Å². The quantitative estimate of drug-likeness (QED) is 0.196. The summed E-state index contributed by atoms with van der Waals surface area (Å²) in [6, 6.07) is 27.5. The van der Waals surface area contributed by atoms with E-state index >= 15 is 0 Å². The fourth-order valence-electron chi connectivity index (χ4n) is 5.70. The first-order valence-electron chi connectivity index (χ1n) is 16.1. The van der Waals surface area contributed by atoms with Gasteiger partial charge < -0.3 is 9.80 Å². The summed E-state index contributed by atoms with van der Waals surface area (Å²) in [5.74, 6) is 0.396. The lowest BCUT2D eigenvalue weighted by Crippen LogP contribution is -2.40. The molecule has 0 N–H and O–H groups in total. The molecule has 1 fully saturated rings. The van der Waals surface area contributed by atoms with E-state index in [1.165, 1.54) is 23.8 Å². The van der Waals surface area contributed by atoms with Gasteiger partial charge in [-0.25, -0.2) is 8.78 Å². The number of carbonyl (C=O) groups excluding carboxylic acids is 1. The Morgan fingerprint density at radius 3 is 2.15 bits per heavy atom. The van der Waals surface area contributed by atoms with Crippen LogP contribution in [0, 0.1) is 44.2 Å². The number of halogens is 2. The number of rotatable bonds is 8. The Morgan fingerprint density at radius 1 is 0.870 bits per heavy atom. The maximum absolute atomic E-state index is 14.0. The predicted octanol–water partition coefficient (Wildman–Crippen LogP) is 10.3. The zero-order chi connectivity index (χ0) is 33.2. The van der Waals surface area contributed by atoms with Crippen LogP contribution in [0.15, 0.2) is 109 Å². The van der Waals surface area contributed by atoms with Gasteiger partial charge in [0, 0.05) is 42.5 Å². The maximum Gasteiger partial charge on any atom is 0.253 e. The van der Waals surface area contributed by atoms with E-state index < -0.39 is 0 Å². The van der Waals surface area contributed by atoms with Gasteiger partial charge in [-0.2, -0.15) is 0 Å². The minimum atomic E-state index is -0.233. The fraction of sp³-hybridized carbons (Fsp3) is 0.293. The summed E-state index contributed by atoms with van der Waals surface area (Å²) < 4.78 is 26.1. The van der Waals surface area contributed by atoms with Gasteiger partial charge in [0.1, 0.15) is 11.6 Å². The molecule has 1 aliphatic heterocycles. The van der Waals surface area contributed by atoms with Crippen LogP contribution >= 0.6 is 0 Å². The first-order valence-corrected chi connectivity index (χ1v) is 16.1. The van der Waals surface area contributed by atoms with Crippen molar-refractivity contribution in [2.24, 2.45) is 11.8 Å². The van der Waals surface area contributed by atoms with Crippen LogP contribution in [0.3, 0.4) is 0 Å². The van der Waals surface area contributed by atoms with E-state index in [0.717, 1.165) is 52.0 Å². The molecule has 0 aromatic heterocycles. The number of benzene rings is 4. The Hall–Kier alpha value is -4.51. The molecule has 1 heterocycles. The third-order valence-electron chi connectivity index (χ3n) is 8.40. The van der Waals surface area contributed by atoms with E-state index in [0.29, 0.717) is 25.6 Å². The topological polar surface area (TPSA) is 23.6 Å². The highest BCUT2D eigenvalue weighted by molar-refractivity contribution is 5.95. The van der Waals surface area contributed by atoms with E-state index in [9.17, 15) is 13.6 Å². The number of para-hydroxylation sites is 1. The largest absolute Gasteiger partial charge is 0.341 e. The van der Waals surface area contributed by atoms with Crippen LogP contribution in [-0.2, 0) is 6.54 Å². The van der Waals surface area contributed by atoms with E-state index in [1.54, 1.807) is 18.2 Å². The Morgan fingerprint density at radius 2 is 1.54 bits per heavy atom. The second-order valence-electron chi connectivity index (χ2n) is 12.5. The third kappa shape index (κ3) is 9.50. The summed E-state index contributed by atoms with van der Waals surface area (Å²) in [7, 11) is 0. The Balaban J connectivity index is 0.000000523. The monoisotopic (exact) mass is 620 g/mol. The Labute approximate surface area is 273 Å². The second kappa shape index (κ2) is 16.2. The molecule has 1 amide bonds. The molecule has 0 radical (unpaired) electrons. The van der Waals surface area contributed by atoms with Crippen molar-refractivity contribution in [2.45, 2.75) is 54.0 Å². The summed E-state index contributed by atoms with van der Waals surface area (Å²) in [6.07, 6.45) is 5.98. The van der Waals surface area contributed by atoms with E-state index in [2.05, 4.69) is 63.5 Å². The van der Waals surface area contributed by atoms with Gasteiger partial charge in [-0.15, -0.1) is 0 Å². The molecular formula is C41H46F2N2O. The summed E-state index contributed by atoms with van der Waals surface area (Å²) >= 11 is 0. The number of allylic oxidation sites excluding steroid dienone is 2. The van der Waals surface area contributed by atoms with Crippen LogP contribution in [-0.4, -0.2) is 23.9 Å². The lowest BCUT2D eigenvalue weighted by Gasteiger charge is -2.38. The van der Waals surface area contributed by atoms with Crippen molar-refractivity contribution >= 4 is 17.7 Å². The molecule has 0 spiro atoms. The number of aryl methyl sites for hydroxylation is 3. The van der Waals surface area contributed by atoms with Crippen LogP contribution in [0.25, 0.3) is 6.08 Å². The molecule has 5 heteroatoms. The lowest BCUT2D eigenvalue weighted by atomic mass is 9.91. The van der Waals surface area contributed by atoms with Crippen LogP contribution in [0.1, 0.15) is 64.9 Å². The zero-order valence-corrected chi connectivity index (χ0v) is 27.8. The molecule has 0 bridgehead atoms. The fourth-order valence-corrected chi connectivity index (χ4v) is 5.70. The SMILES string of the molecule is C=C(C1CCN(C(=O)c2ccc(C)c(/C=C\C(C)C)c2)CC1)N(Cc1cccc(F)c1)c1ccccc1C.Cc1cccc(F)c1. The first kappa shape index (κ1) is 34.4. The van der Waals surface area contributed by atoms with Gasteiger partial charge in [0.05, 0.1) is 0 Å². The molecular weight excluding hydrogens is 574 g/mol.